The Bertz CT molecular complexity index is 464. The summed E-state index contributed by atoms with van der Waals surface area (Å²) in [7, 11) is 1.38. The Morgan fingerprint density at radius 3 is 2.50 bits per heavy atom. The fraction of sp³-hybridized carbons (Fsp3) is 0.467. The number of nitrogens with one attached hydrogen (secondary N) is 1. The molecule has 0 aromatic carbocycles. The molecule has 1 amide bonds. The van der Waals surface area contributed by atoms with Crippen molar-refractivity contribution >= 4 is 12.3 Å². The number of hydrogen-bond donors (Lipinski definition) is 1. The Hall–Kier alpha value is -2.05. The number of alkyl halides is 3. The van der Waals surface area contributed by atoms with Crippen molar-refractivity contribution in [2.45, 2.75) is 26.4 Å². The van der Waals surface area contributed by atoms with Crippen LogP contribution in [0.2, 0.25) is 0 Å². The first kappa shape index (κ1) is 19.9. The zero-order valence-corrected chi connectivity index (χ0v) is 12.9. The summed E-state index contributed by atoms with van der Waals surface area (Å²) < 4.78 is 43.6. The molecule has 0 aliphatic rings. The molecule has 0 heterocycles. The van der Waals surface area contributed by atoms with E-state index in [1.807, 2.05) is 0 Å². The molecule has 0 aromatic rings. The first-order valence-electron chi connectivity index (χ1n) is 6.73. The Morgan fingerprint density at radius 1 is 1.36 bits per heavy atom. The Balaban J connectivity index is 5.28. The van der Waals surface area contributed by atoms with Crippen molar-refractivity contribution in [3.63, 3.8) is 0 Å². The van der Waals surface area contributed by atoms with Crippen LogP contribution in [0.5, 0.6) is 0 Å². The van der Waals surface area contributed by atoms with Gasteiger partial charge in [0.15, 0.2) is 0 Å². The number of aliphatic imine (C=N–C) groups is 1. The van der Waals surface area contributed by atoms with Crippen molar-refractivity contribution in [1.82, 2.24) is 5.32 Å². The van der Waals surface area contributed by atoms with E-state index in [1.54, 1.807) is 26.0 Å². The van der Waals surface area contributed by atoms with E-state index >= 15 is 0 Å². The molecule has 0 aliphatic heterocycles. The molecule has 0 radical (unpaired) electrons. The van der Waals surface area contributed by atoms with Crippen molar-refractivity contribution in [3.05, 3.63) is 35.5 Å². The van der Waals surface area contributed by atoms with E-state index in [4.69, 9.17) is 4.74 Å². The lowest BCUT2D eigenvalue weighted by Gasteiger charge is -2.09. The summed E-state index contributed by atoms with van der Waals surface area (Å²) in [5, 5.41) is 2.38. The van der Waals surface area contributed by atoms with Crippen LogP contribution in [-0.2, 0) is 9.53 Å². The number of methoxy groups -OCH3 is 1. The Labute approximate surface area is 128 Å². The maximum atomic E-state index is 12.9. The minimum absolute atomic E-state index is 0.0190. The number of halogens is 3. The molecule has 0 fully saturated rings. The highest BCUT2D eigenvalue weighted by atomic mass is 19.4. The number of ether oxygens (including phenoxy) is 1. The average molecular weight is 318 g/mol. The third kappa shape index (κ3) is 8.28. The molecular weight excluding hydrogens is 297 g/mol. The van der Waals surface area contributed by atoms with E-state index in [2.05, 4.69) is 10.3 Å². The number of hydrogen-bond acceptors (Lipinski definition) is 3. The third-order valence-electron chi connectivity index (χ3n) is 2.48. The van der Waals surface area contributed by atoms with Crippen LogP contribution >= 0.6 is 0 Å². The fourth-order valence-corrected chi connectivity index (χ4v) is 1.54. The predicted molar refractivity (Wildman–Crippen MR) is 80.7 cm³/mol. The minimum atomic E-state index is -4.41. The van der Waals surface area contributed by atoms with Crippen LogP contribution in [0.15, 0.2) is 40.4 Å². The van der Waals surface area contributed by atoms with Crippen molar-refractivity contribution < 1.29 is 22.7 Å². The van der Waals surface area contributed by atoms with E-state index in [1.165, 1.54) is 7.11 Å². The summed E-state index contributed by atoms with van der Waals surface area (Å²) in [6.45, 7) is 3.45. The summed E-state index contributed by atoms with van der Waals surface area (Å²) in [6, 6.07) is 0. The second-order valence-electron chi connectivity index (χ2n) is 4.20. The highest BCUT2D eigenvalue weighted by Gasteiger charge is 2.31. The molecule has 0 unspecified atom stereocenters. The third-order valence-corrected chi connectivity index (χ3v) is 2.48. The monoisotopic (exact) mass is 318 g/mol. The van der Waals surface area contributed by atoms with Gasteiger partial charge in [-0.25, -0.2) is 4.99 Å². The standard InChI is InChI=1S/C15H21F3N2O2/c1-4-6-12(8-13(7-5-2)15(16,17)18)9-20-14(22-3)10-19-11-21/h4,6-8,11H,5,9-10H2,1-3H3,(H,19,21)/b6-4-,12-8+,13-7-,20-14?. The molecule has 7 heteroatoms. The van der Waals surface area contributed by atoms with Crippen molar-refractivity contribution in [1.29, 1.82) is 0 Å². The van der Waals surface area contributed by atoms with E-state index in [0.717, 1.165) is 12.2 Å². The Kier molecular flexibility index (Phi) is 9.65. The fourth-order valence-electron chi connectivity index (χ4n) is 1.54. The zero-order chi connectivity index (χ0) is 17.0. The van der Waals surface area contributed by atoms with Crippen LogP contribution in [0, 0.1) is 0 Å². The van der Waals surface area contributed by atoms with Gasteiger partial charge in [0.2, 0.25) is 12.3 Å². The molecule has 0 saturated heterocycles. The molecule has 0 rings (SSSR count). The Morgan fingerprint density at radius 2 is 2.05 bits per heavy atom. The first-order chi connectivity index (χ1) is 10.4. The first-order valence-corrected chi connectivity index (χ1v) is 6.73. The van der Waals surface area contributed by atoms with Gasteiger partial charge in [0.25, 0.3) is 0 Å². The molecule has 0 saturated carbocycles. The van der Waals surface area contributed by atoms with Crippen LogP contribution in [0.4, 0.5) is 13.2 Å². The maximum absolute atomic E-state index is 12.9. The lowest BCUT2D eigenvalue weighted by Crippen LogP contribution is -2.23. The lowest BCUT2D eigenvalue weighted by molar-refractivity contribution is -0.109. The number of carbonyl (C=O) groups excluding carboxylic acids is 1. The van der Waals surface area contributed by atoms with E-state index in [9.17, 15) is 18.0 Å². The summed E-state index contributed by atoms with van der Waals surface area (Å²) in [5.41, 5.74) is -0.316. The van der Waals surface area contributed by atoms with Gasteiger partial charge >= 0.3 is 6.18 Å². The quantitative estimate of drug-likeness (QED) is 0.323. The summed E-state index contributed by atoms with van der Waals surface area (Å²) in [5.74, 6) is 0.232. The summed E-state index contributed by atoms with van der Waals surface area (Å²) >= 11 is 0. The molecule has 4 nitrogen and oxygen atoms in total. The molecule has 0 atom stereocenters. The van der Waals surface area contributed by atoms with Gasteiger partial charge in [-0.1, -0.05) is 25.2 Å². The second kappa shape index (κ2) is 10.6. The predicted octanol–water partition coefficient (Wildman–Crippen LogP) is 3.18. The highest BCUT2D eigenvalue weighted by molar-refractivity contribution is 5.80. The number of carbonyl (C=O) groups is 1. The van der Waals surface area contributed by atoms with E-state index in [-0.39, 0.29) is 25.4 Å². The van der Waals surface area contributed by atoms with Crippen LogP contribution in [0.1, 0.15) is 20.3 Å². The van der Waals surface area contributed by atoms with Gasteiger partial charge in [-0.2, -0.15) is 13.2 Å². The topological polar surface area (TPSA) is 50.7 Å². The molecular formula is C15H21F3N2O2. The van der Waals surface area contributed by atoms with Gasteiger partial charge in [0.1, 0.15) is 0 Å². The van der Waals surface area contributed by atoms with Gasteiger partial charge in [0.05, 0.1) is 25.8 Å². The average Bonchev–Trinajstić information content (AvgIpc) is 2.46. The number of allylic oxidation sites excluding steroid dienone is 4. The zero-order valence-electron chi connectivity index (χ0n) is 12.9. The number of rotatable bonds is 8. The normalized spacial score (nSPS) is 14.4. The molecule has 22 heavy (non-hydrogen) atoms. The smallest absolute Gasteiger partial charge is 0.416 e. The lowest BCUT2D eigenvalue weighted by atomic mass is 10.1. The molecule has 124 valence electrons. The highest BCUT2D eigenvalue weighted by Crippen LogP contribution is 2.28. The molecule has 1 N–H and O–H groups in total. The SMILES string of the molecule is C\C=C/C(=C\C(=C\CC)C(F)(F)F)CN=C(CNC=O)OC. The van der Waals surface area contributed by atoms with Gasteiger partial charge in [-0.3, -0.25) is 4.79 Å². The largest absolute Gasteiger partial charge is 0.483 e. The van der Waals surface area contributed by atoms with Gasteiger partial charge in [-0.05, 0) is 25.0 Å². The van der Waals surface area contributed by atoms with Gasteiger partial charge < -0.3 is 10.1 Å². The second-order valence-corrected chi connectivity index (χ2v) is 4.20. The number of amides is 1. The number of nitrogens with zero attached hydrogens (tertiary/aromatic N) is 1. The van der Waals surface area contributed by atoms with Crippen molar-refractivity contribution in [2.24, 2.45) is 4.99 Å². The van der Waals surface area contributed by atoms with Crippen LogP contribution in [-0.4, -0.2) is 38.7 Å². The van der Waals surface area contributed by atoms with Gasteiger partial charge in [0, 0.05) is 0 Å². The van der Waals surface area contributed by atoms with Crippen LogP contribution in [0.25, 0.3) is 0 Å². The van der Waals surface area contributed by atoms with E-state index < -0.39 is 11.7 Å². The minimum Gasteiger partial charge on any atom is -0.483 e. The molecule has 0 aliphatic carbocycles. The van der Waals surface area contributed by atoms with E-state index in [0.29, 0.717) is 12.0 Å². The maximum Gasteiger partial charge on any atom is 0.416 e. The molecule has 0 bridgehead atoms. The van der Waals surface area contributed by atoms with Gasteiger partial charge in [-0.15, -0.1) is 0 Å². The van der Waals surface area contributed by atoms with Crippen molar-refractivity contribution in [3.8, 4) is 0 Å². The summed E-state index contributed by atoms with van der Waals surface area (Å²) in [4.78, 5) is 14.3. The van der Waals surface area contributed by atoms with Crippen molar-refractivity contribution in [2.75, 3.05) is 20.2 Å². The molecule has 0 aromatic heterocycles. The van der Waals surface area contributed by atoms with Crippen LogP contribution in [0.3, 0.4) is 0 Å². The summed E-state index contributed by atoms with van der Waals surface area (Å²) in [6.07, 6.45) is 1.74. The molecule has 0 spiro atoms. The van der Waals surface area contributed by atoms with Crippen LogP contribution < -0.4 is 5.32 Å².